The zero-order chi connectivity index (χ0) is 17.8. The molecule has 0 heterocycles. The average molecular weight is 342 g/mol. The van der Waals surface area contributed by atoms with E-state index < -0.39 is 23.7 Å². The monoisotopic (exact) mass is 341 g/mol. The van der Waals surface area contributed by atoms with Crippen molar-refractivity contribution in [2.24, 2.45) is 0 Å². The lowest BCUT2D eigenvalue weighted by molar-refractivity contribution is -0.112. The fraction of sp³-hybridized carbons (Fsp3) is 0.438. The first kappa shape index (κ1) is 19.0. The van der Waals surface area contributed by atoms with E-state index in [0.717, 1.165) is 0 Å². The molecule has 0 aliphatic carbocycles. The molecule has 0 saturated carbocycles. The van der Waals surface area contributed by atoms with Gasteiger partial charge in [-0.1, -0.05) is 17.7 Å². The quantitative estimate of drug-likeness (QED) is 0.621. The molecule has 0 aromatic heterocycles. The molecule has 1 aromatic carbocycles. The minimum Gasteiger partial charge on any atom is -0.465 e. The van der Waals surface area contributed by atoms with Crippen LogP contribution in [0.1, 0.15) is 42.7 Å². The van der Waals surface area contributed by atoms with Crippen molar-refractivity contribution in [1.29, 1.82) is 0 Å². The number of hydrogen-bond acceptors (Lipinski definition) is 5. The number of carbonyl (C=O) groups excluding carboxylic acids is 3. The third-order valence-corrected chi connectivity index (χ3v) is 3.28. The number of carbonyl (C=O) groups is 3. The Morgan fingerprint density at radius 3 is 2.35 bits per heavy atom. The number of nitrogens with zero attached hydrogens (tertiary/aromatic N) is 1. The van der Waals surface area contributed by atoms with E-state index in [1.54, 1.807) is 20.8 Å². The summed E-state index contributed by atoms with van der Waals surface area (Å²) in [7, 11) is 2.70. The van der Waals surface area contributed by atoms with Gasteiger partial charge in [-0.3, -0.25) is 4.90 Å². The predicted octanol–water partition coefficient (Wildman–Crippen LogP) is 3.23. The van der Waals surface area contributed by atoms with Gasteiger partial charge >= 0.3 is 12.1 Å². The molecule has 0 aliphatic heterocycles. The Morgan fingerprint density at radius 2 is 1.91 bits per heavy atom. The summed E-state index contributed by atoms with van der Waals surface area (Å²) in [6, 6.07) is 3.56. The van der Waals surface area contributed by atoms with Crippen LogP contribution in [0.5, 0.6) is 0 Å². The Labute approximate surface area is 140 Å². The van der Waals surface area contributed by atoms with Crippen molar-refractivity contribution in [2.75, 3.05) is 14.2 Å². The zero-order valence-corrected chi connectivity index (χ0v) is 14.5. The smallest absolute Gasteiger partial charge is 0.410 e. The Kier molecular flexibility index (Phi) is 6.15. The maximum absolute atomic E-state index is 12.1. The number of hydrogen-bond donors (Lipinski definition) is 0. The average Bonchev–Trinajstić information content (AvgIpc) is 2.45. The Hall–Kier alpha value is -2.08. The molecule has 1 rings (SSSR count). The van der Waals surface area contributed by atoms with Crippen molar-refractivity contribution in [1.82, 2.24) is 4.90 Å². The maximum Gasteiger partial charge on any atom is 0.410 e. The summed E-state index contributed by atoms with van der Waals surface area (Å²) >= 11 is 6.04. The van der Waals surface area contributed by atoms with E-state index in [-0.39, 0.29) is 10.6 Å². The van der Waals surface area contributed by atoms with Crippen molar-refractivity contribution in [3.63, 3.8) is 0 Å². The van der Waals surface area contributed by atoms with Crippen LogP contribution in [0.4, 0.5) is 4.79 Å². The number of benzene rings is 1. The molecule has 1 unspecified atom stereocenters. The lowest BCUT2D eigenvalue weighted by Crippen LogP contribution is -2.37. The molecule has 6 nitrogen and oxygen atoms in total. The van der Waals surface area contributed by atoms with Crippen molar-refractivity contribution in [2.45, 2.75) is 32.4 Å². The highest BCUT2D eigenvalue weighted by molar-refractivity contribution is 6.33. The SMILES string of the molecule is COC(=O)c1ccc(C(C=O)N(C)C(=O)OC(C)(C)C)cc1Cl. The van der Waals surface area contributed by atoms with E-state index in [2.05, 4.69) is 4.74 Å². The van der Waals surface area contributed by atoms with Gasteiger partial charge in [0.05, 0.1) is 17.7 Å². The van der Waals surface area contributed by atoms with Crippen LogP contribution in [0.15, 0.2) is 18.2 Å². The second-order valence-electron chi connectivity index (χ2n) is 5.90. The third-order valence-electron chi connectivity index (χ3n) is 2.97. The molecule has 0 saturated heterocycles. The number of aldehydes is 1. The summed E-state index contributed by atoms with van der Waals surface area (Å²) in [5.41, 5.74) is -0.0287. The highest BCUT2D eigenvalue weighted by Crippen LogP contribution is 2.25. The van der Waals surface area contributed by atoms with Crippen LogP contribution >= 0.6 is 11.6 Å². The number of rotatable bonds is 4. The summed E-state index contributed by atoms with van der Waals surface area (Å²) in [5, 5.41) is 0.138. The second kappa shape index (κ2) is 7.46. The topological polar surface area (TPSA) is 72.9 Å². The van der Waals surface area contributed by atoms with Crippen LogP contribution in [0.25, 0.3) is 0 Å². The van der Waals surface area contributed by atoms with Crippen LogP contribution in [0.3, 0.4) is 0 Å². The molecule has 0 aliphatic rings. The van der Waals surface area contributed by atoms with Gasteiger partial charge in [-0.15, -0.1) is 0 Å². The molecule has 0 fully saturated rings. The van der Waals surface area contributed by atoms with Crippen LogP contribution in [-0.2, 0) is 14.3 Å². The maximum atomic E-state index is 12.1. The lowest BCUT2D eigenvalue weighted by Gasteiger charge is -2.28. The van der Waals surface area contributed by atoms with E-state index >= 15 is 0 Å². The molecule has 0 spiro atoms. The number of amides is 1. The van der Waals surface area contributed by atoms with Gasteiger partial charge in [0.1, 0.15) is 17.9 Å². The predicted molar refractivity (Wildman–Crippen MR) is 85.6 cm³/mol. The lowest BCUT2D eigenvalue weighted by atomic mass is 10.0. The zero-order valence-electron chi connectivity index (χ0n) is 13.8. The first-order chi connectivity index (χ1) is 10.6. The van der Waals surface area contributed by atoms with Gasteiger partial charge in [-0.25, -0.2) is 9.59 Å². The number of ether oxygens (including phenoxy) is 2. The third kappa shape index (κ3) is 4.96. The molecule has 0 N–H and O–H groups in total. The van der Waals surface area contributed by atoms with E-state index in [1.807, 2.05) is 0 Å². The standard InChI is InChI=1S/C16H20ClNO5/c1-16(2,3)23-15(21)18(4)13(9-19)10-6-7-11(12(17)8-10)14(20)22-5/h6-9,13H,1-5H3. The van der Waals surface area contributed by atoms with E-state index in [4.69, 9.17) is 16.3 Å². The molecule has 1 amide bonds. The molecule has 0 bridgehead atoms. The van der Waals surface area contributed by atoms with Crippen molar-refractivity contribution < 1.29 is 23.9 Å². The minimum atomic E-state index is -0.881. The van der Waals surface area contributed by atoms with Gasteiger partial charge in [-0.2, -0.15) is 0 Å². The molecule has 1 aromatic rings. The van der Waals surface area contributed by atoms with E-state index in [0.29, 0.717) is 11.8 Å². The Balaban J connectivity index is 3.06. The second-order valence-corrected chi connectivity index (χ2v) is 6.31. The van der Waals surface area contributed by atoms with Gasteiger partial charge < -0.3 is 14.3 Å². The van der Waals surface area contributed by atoms with Crippen molar-refractivity contribution in [3.8, 4) is 0 Å². The number of halogens is 1. The number of likely N-dealkylation sites (N-methyl/N-ethyl adjacent to an activating group) is 1. The highest BCUT2D eigenvalue weighted by atomic mass is 35.5. The molecule has 126 valence electrons. The largest absolute Gasteiger partial charge is 0.465 e. The first-order valence-corrected chi connectivity index (χ1v) is 7.27. The van der Waals surface area contributed by atoms with Crippen LogP contribution in [0, 0.1) is 0 Å². The first-order valence-electron chi connectivity index (χ1n) is 6.89. The molecule has 23 heavy (non-hydrogen) atoms. The summed E-state index contributed by atoms with van der Waals surface area (Å²) < 4.78 is 9.84. The molecule has 0 radical (unpaired) electrons. The molecule has 7 heteroatoms. The van der Waals surface area contributed by atoms with Crippen LogP contribution in [-0.4, -0.2) is 43.0 Å². The summed E-state index contributed by atoms with van der Waals surface area (Å²) in [5.74, 6) is -0.579. The highest BCUT2D eigenvalue weighted by Gasteiger charge is 2.27. The van der Waals surface area contributed by atoms with Gasteiger partial charge in [-0.05, 0) is 38.5 Å². The summed E-state index contributed by atoms with van der Waals surface area (Å²) in [4.78, 5) is 36.2. The number of esters is 1. The van der Waals surface area contributed by atoms with Crippen molar-refractivity contribution in [3.05, 3.63) is 34.3 Å². The van der Waals surface area contributed by atoms with Gasteiger partial charge in [0.15, 0.2) is 0 Å². The van der Waals surface area contributed by atoms with Gasteiger partial charge in [0, 0.05) is 7.05 Å². The van der Waals surface area contributed by atoms with Gasteiger partial charge in [0.2, 0.25) is 0 Å². The number of methoxy groups -OCH3 is 1. The molecule has 1 atom stereocenters. The minimum absolute atomic E-state index is 0.138. The van der Waals surface area contributed by atoms with Gasteiger partial charge in [0.25, 0.3) is 0 Å². The molecular weight excluding hydrogens is 322 g/mol. The van der Waals surface area contributed by atoms with E-state index in [1.165, 1.54) is 37.3 Å². The molecular formula is C16H20ClNO5. The van der Waals surface area contributed by atoms with Crippen molar-refractivity contribution >= 4 is 29.9 Å². The normalized spacial score (nSPS) is 12.3. The van der Waals surface area contributed by atoms with E-state index in [9.17, 15) is 14.4 Å². The Bertz CT molecular complexity index is 609. The van der Waals surface area contributed by atoms with Crippen LogP contribution in [0.2, 0.25) is 5.02 Å². The fourth-order valence-electron chi connectivity index (χ4n) is 1.83. The summed E-state index contributed by atoms with van der Waals surface area (Å²) in [6.45, 7) is 5.20. The van der Waals surface area contributed by atoms with Crippen LogP contribution < -0.4 is 0 Å². The Morgan fingerprint density at radius 1 is 1.30 bits per heavy atom. The fourth-order valence-corrected chi connectivity index (χ4v) is 2.10. The summed E-state index contributed by atoms with van der Waals surface area (Å²) in [6.07, 6.45) is -0.0318.